The number of carbonyl (C=O) groups excluding carboxylic acids is 2. The molecule has 0 spiro atoms. The lowest BCUT2D eigenvalue weighted by molar-refractivity contribution is -0.890. The minimum absolute atomic E-state index is 0.175. The Morgan fingerprint density at radius 1 is 0.943 bits per heavy atom. The van der Waals surface area contributed by atoms with E-state index >= 15 is 0 Å². The number of thiol groups is 2. The van der Waals surface area contributed by atoms with Crippen molar-refractivity contribution in [2.24, 2.45) is 5.41 Å². The van der Waals surface area contributed by atoms with E-state index in [2.05, 4.69) is 40.7 Å². The lowest BCUT2D eigenvalue weighted by Crippen LogP contribution is -2.50. The molecule has 0 aromatic carbocycles. The molecule has 0 aliphatic heterocycles. The van der Waals surface area contributed by atoms with Gasteiger partial charge >= 0.3 is 0 Å². The Morgan fingerprint density at radius 2 is 1.46 bits per heavy atom. The number of amides is 2. The third-order valence-electron chi connectivity index (χ3n) is 6.02. The summed E-state index contributed by atoms with van der Waals surface area (Å²) in [6.07, 6.45) is 3.80. The average molecular weight is 552 g/mol. The van der Waals surface area contributed by atoms with Crippen molar-refractivity contribution in [3.8, 4) is 0 Å². The van der Waals surface area contributed by atoms with Crippen LogP contribution in [0.4, 0.5) is 0 Å². The van der Waals surface area contributed by atoms with Gasteiger partial charge in [-0.15, -0.1) is 0 Å². The summed E-state index contributed by atoms with van der Waals surface area (Å²) in [4.78, 5) is 29.8. The summed E-state index contributed by atoms with van der Waals surface area (Å²) in [6.45, 7) is 17.1. The minimum Gasteiger partial charge on any atom is -0.356 e. The summed E-state index contributed by atoms with van der Waals surface area (Å²) in [7, 11) is 1.13. The topological polar surface area (TPSA) is 96.7 Å². The number of nitrogens with one attached hydrogen (secondary N) is 2. The second-order valence-corrected chi connectivity index (χ2v) is 15.1. The van der Waals surface area contributed by atoms with Crippen LogP contribution in [0.15, 0.2) is 0 Å². The van der Waals surface area contributed by atoms with Crippen LogP contribution in [0.2, 0.25) is 0 Å². The molecule has 2 amide bonds. The molecule has 204 valence electrons. The van der Waals surface area contributed by atoms with E-state index in [1.165, 1.54) is 6.26 Å². The van der Waals surface area contributed by atoms with Gasteiger partial charge < -0.3 is 20.0 Å². The van der Waals surface area contributed by atoms with Gasteiger partial charge in [-0.3, -0.25) is 9.59 Å². The molecule has 0 rings (SSSR count). The maximum Gasteiger partial charge on any atom is 0.235 e. The van der Waals surface area contributed by atoms with E-state index in [1.54, 1.807) is 27.7 Å². The zero-order valence-corrected chi connectivity index (χ0v) is 25.2. The maximum atomic E-state index is 13.1. The van der Waals surface area contributed by atoms with Crippen LogP contribution in [0, 0.1) is 12.0 Å². The molecule has 0 saturated carbocycles. The van der Waals surface area contributed by atoms with Crippen LogP contribution < -0.4 is 10.6 Å². The van der Waals surface area contributed by atoms with Crippen LogP contribution >= 0.6 is 25.3 Å². The molecule has 0 bridgehead atoms. The highest BCUT2D eigenvalue weighted by atomic mass is 32.2. The van der Waals surface area contributed by atoms with Gasteiger partial charge in [0.1, 0.15) is 9.84 Å². The fourth-order valence-electron chi connectivity index (χ4n) is 4.32. The van der Waals surface area contributed by atoms with Gasteiger partial charge in [-0.05, 0) is 25.5 Å². The van der Waals surface area contributed by atoms with E-state index < -0.39 is 25.5 Å². The summed E-state index contributed by atoms with van der Waals surface area (Å²) >= 11 is 8.83. The van der Waals surface area contributed by atoms with Crippen molar-refractivity contribution in [3.05, 3.63) is 11.4 Å². The highest BCUT2D eigenvalue weighted by Crippen LogP contribution is 2.40. The molecule has 35 heavy (non-hydrogen) atoms. The van der Waals surface area contributed by atoms with Crippen molar-refractivity contribution >= 4 is 46.9 Å². The van der Waals surface area contributed by atoms with Gasteiger partial charge in [0.05, 0.1) is 43.1 Å². The van der Waals surface area contributed by atoms with Crippen molar-refractivity contribution in [3.63, 3.8) is 0 Å². The zero-order valence-electron chi connectivity index (χ0n) is 22.6. The summed E-state index contributed by atoms with van der Waals surface area (Å²) in [5, 5.41) is 5.87. The van der Waals surface area contributed by atoms with E-state index in [9.17, 15) is 18.0 Å². The molecule has 0 radical (unpaired) electrons. The van der Waals surface area contributed by atoms with E-state index in [-0.39, 0.29) is 24.0 Å². The first kappa shape index (κ1) is 34.0. The smallest absolute Gasteiger partial charge is 0.235 e. The fourth-order valence-corrected chi connectivity index (χ4v) is 5.56. The van der Waals surface area contributed by atoms with Gasteiger partial charge in [0.15, 0.2) is 0 Å². The number of hydrogen-bond acceptors (Lipinski definition) is 6. The molecule has 0 aliphatic carbocycles. The van der Waals surface area contributed by atoms with E-state index in [1.807, 2.05) is 14.1 Å². The first-order valence-electron chi connectivity index (χ1n) is 12.1. The van der Waals surface area contributed by atoms with Crippen LogP contribution in [0.5, 0.6) is 0 Å². The lowest BCUT2D eigenvalue weighted by atomic mass is 9.72. The normalized spacial score (nSPS) is 16.0. The standard InChI is InChI=1S/C24H46N4O4S3/c1-22(2,25-5)18-23(3,20(29)26-13-10-16-33)19-24(4,34)21(30)27-12-9-14-28(6,7)15-11-17-35(8,31)32/h9-19H2,1-4,6-8H3,(H3-,26,27,29,30,33,34)/p+1. The SMILES string of the molecule is [C-]#[N+]C(C)(C)CC(C)(CC(C)(S)C(=O)NCCC[N+](C)(C)CCCS(C)(=O)=O)C(=O)NCCCS. The van der Waals surface area contributed by atoms with Crippen molar-refractivity contribution in [2.75, 3.05) is 58.0 Å². The molecule has 2 atom stereocenters. The largest absolute Gasteiger partial charge is 0.356 e. The van der Waals surface area contributed by atoms with Crippen LogP contribution in [0.3, 0.4) is 0 Å². The first-order chi connectivity index (χ1) is 15.8. The number of quaternary nitrogens is 1. The van der Waals surface area contributed by atoms with Gasteiger partial charge in [0.25, 0.3) is 0 Å². The second-order valence-electron chi connectivity index (χ2n) is 11.4. The molecule has 0 aromatic heterocycles. The molecular formula is C24H47N4O4S3+. The molecule has 0 aromatic rings. The van der Waals surface area contributed by atoms with Crippen LogP contribution in [-0.4, -0.2) is 93.0 Å². The van der Waals surface area contributed by atoms with E-state index in [0.29, 0.717) is 36.2 Å². The van der Waals surface area contributed by atoms with Crippen LogP contribution in [0.1, 0.15) is 59.8 Å². The molecule has 2 unspecified atom stereocenters. The Morgan fingerprint density at radius 3 is 1.97 bits per heavy atom. The van der Waals surface area contributed by atoms with Gasteiger partial charge in [-0.25, -0.2) is 15.0 Å². The van der Waals surface area contributed by atoms with Gasteiger partial charge in [0.2, 0.25) is 17.4 Å². The molecular weight excluding hydrogens is 504 g/mol. The second kappa shape index (κ2) is 14.1. The van der Waals surface area contributed by atoms with E-state index in [4.69, 9.17) is 6.57 Å². The Hall–Kier alpha value is -0.960. The van der Waals surface area contributed by atoms with Crippen LogP contribution in [0.25, 0.3) is 4.85 Å². The maximum absolute atomic E-state index is 13.1. The quantitative estimate of drug-likeness (QED) is 0.0967. The first-order valence-corrected chi connectivity index (χ1v) is 15.2. The summed E-state index contributed by atoms with van der Waals surface area (Å²) in [6, 6.07) is 0. The molecule has 0 fully saturated rings. The molecule has 8 nitrogen and oxygen atoms in total. The minimum atomic E-state index is -2.96. The Balaban J connectivity index is 5.06. The van der Waals surface area contributed by atoms with Crippen molar-refractivity contribution < 1.29 is 22.5 Å². The zero-order chi connectivity index (χ0) is 27.6. The Bertz CT molecular complexity index is 851. The number of carbonyl (C=O) groups is 2. The monoisotopic (exact) mass is 551 g/mol. The number of sulfone groups is 1. The molecule has 0 heterocycles. The highest BCUT2D eigenvalue weighted by Gasteiger charge is 2.47. The van der Waals surface area contributed by atoms with Crippen molar-refractivity contribution in [2.45, 2.75) is 70.1 Å². The summed E-state index contributed by atoms with van der Waals surface area (Å²) in [5.41, 5.74) is -1.70. The fraction of sp³-hybridized carbons (Fsp3) is 0.875. The van der Waals surface area contributed by atoms with E-state index in [0.717, 1.165) is 25.9 Å². The van der Waals surface area contributed by atoms with Crippen molar-refractivity contribution in [1.82, 2.24) is 10.6 Å². The van der Waals surface area contributed by atoms with Crippen molar-refractivity contribution in [1.29, 1.82) is 0 Å². The molecule has 11 heteroatoms. The Kier molecular flexibility index (Phi) is 13.7. The predicted molar refractivity (Wildman–Crippen MR) is 151 cm³/mol. The number of rotatable bonds is 17. The highest BCUT2D eigenvalue weighted by molar-refractivity contribution is 7.90. The molecule has 2 N–H and O–H groups in total. The molecule has 0 aliphatic rings. The van der Waals surface area contributed by atoms with Crippen LogP contribution in [-0.2, 0) is 19.4 Å². The predicted octanol–water partition coefficient (Wildman–Crippen LogP) is 2.61. The third kappa shape index (κ3) is 14.4. The average Bonchev–Trinajstić information content (AvgIpc) is 2.69. The number of hydrogen-bond donors (Lipinski definition) is 4. The summed E-state index contributed by atoms with van der Waals surface area (Å²) in [5.74, 6) is 0.398. The van der Waals surface area contributed by atoms with Gasteiger partial charge in [0, 0.05) is 52.5 Å². The third-order valence-corrected chi connectivity index (χ3v) is 7.73. The lowest BCUT2D eigenvalue weighted by Gasteiger charge is -2.36. The number of nitrogens with zero attached hydrogens (tertiary/aromatic N) is 2. The summed E-state index contributed by atoms with van der Waals surface area (Å²) < 4.78 is 22.2. The van der Waals surface area contributed by atoms with Gasteiger partial charge in [-0.1, -0.05) is 6.92 Å². The Labute approximate surface area is 224 Å². The van der Waals surface area contributed by atoms with Gasteiger partial charge in [-0.2, -0.15) is 25.3 Å². The molecule has 0 saturated heterocycles.